The maximum Gasteiger partial charge on any atom is 0.0865 e. The summed E-state index contributed by atoms with van der Waals surface area (Å²) >= 11 is 7.39. The Morgan fingerprint density at radius 1 is 0.583 bits per heavy atom. The number of aliphatic imine (C=N–C) groups is 2. The van der Waals surface area contributed by atoms with Crippen molar-refractivity contribution in [1.29, 1.82) is 0 Å². The summed E-state index contributed by atoms with van der Waals surface area (Å²) in [5, 5.41) is 0. The third-order valence-electron chi connectivity index (χ3n) is 3.70. The van der Waals surface area contributed by atoms with Crippen LogP contribution in [0, 0.1) is 0 Å². The first-order valence-electron chi connectivity index (χ1n) is 7.59. The summed E-state index contributed by atoms with van der Waals surface area (Å²) < 4.78 is 1.81. The summed E-state index contributed by atoms with van der Waals surface area (Å²) in [6.45, 7) is 3.98. The summed E-state index contributed by atoms with van der Waals surface area (Å²) in [7, 11) is 0. The van der Waals surface area contributed by atoms with Gasteiger partial charge in [-0.1, -0.05) is 60.7 Å². The fourth-order valence-electron chi connectivity index (χ4n) is 2.45. The van der Waals surface area contributed by atoms with Crippen LogP contribution in [0.5, 0.6) is 0 Å². The summed E-state index contributed by atoms with van der Waals surface area (Å²) in [6, 6.07) is 20.3. The van der Waals surface area contributed by atoms with Gasteiger partial charge in [-0.25, -0.2) is 0 Å². The average Bonchev–Trinajstić information content (AvgIpc) is 2.63. The fraction of sp³-hybridized carbons (Fsp3) is 0.100. The van der Waals surface area contributed by atoms with E-state index in [9.17, 15) is 0 Å². The lowest BCUT2D eigenvalue weighted by Gasteiger charge is -2.15. The Morgan fingerprint density at radius 3 is 1.25 bits per heavy atom. The molecule has 0 amide bonds. The minimum Gasteiger partial charge on any atom is -0.251 e. The molecular formula is C20H16Br2N2. The summed E-state index contributed by atoms with van der Waals surface area (Å²) in [6.07, 6.45) is 0. The molecule has 0 saturated carbocycles. The normalized spacial score (nSPS) is 15.7. The van der Waals surface area contributed by atoms with Crippen molar-refractivity contribution in [1.82, 2.24) is 0 Å². The summed E-state index contributed by atoms with van der Waals surface area (Å²) in [4.78, 5) is 9.72. The Morgan fingerprint density at radius 2 is 0.917 bits per heavy atom. The zero-order valence-corrected chi connectivity index (χ0v) is 16.6. The first-order valence-corrected chi connectivity index (χ1v) is 9.18. The second-order valence-electron chi connectivity index (χ2n) is 5.45. The molecule has 2 aromatic carbocycles. The lowest BCUT2D eigenvalue weighted by molar-refractivity contribution is 1.25. The van der Waals surface area contributed by atoms with Crippen LogP contribution in [0.1, 0.15) is 25.0 Å². The Balaban J connectivity index is 2.19. The van der Waals surface area contributed by atoms with E-state index in [1.165, 1.54) is 0 Å². The standard InChI is InChI=1S/C20H16Br2N2/c1-13-17(21)19(15-9-5-3-6-10-15)24-14(2)18(22)20(23-13)16-11-7-4-8-12-16/h3-12H,1-2H3. The number of hydrogen-bond acceptors (Lipinski definition) is 2. The van der Waals surface area contributed by atoms with Gasteiger partial charge in [0.2, 0.25) is 0 Å². The van der Waals surface area contributed by atoms with Gasteiger partial charge in [-0.3, -0.25) is 9.98 Å². The van der Waals surface area contributed by atoms with Crippen LogP contribution in [0.15, 0.2) is 91.0 Å². The van der Waals surface area contributed by atoms with Crippen LogP contribution in [-0.2, 0) is 0 Å². The van der Waals surface area contributed by atoms with Crippen molar-refractivity contribution in [2.24, 2.45) is 9.98 Å². The molecule has 0 aliphatic carbocycles. The number of halogens is 2. The largest absolute Gasteiger partial charge is 0.251 e. The van der Waals surface area contributed by atoms with E-state index in [4.69, 9.17) is 9.98 Å². The average molecular weight is 444 g/mol. The molecule has 0 saturated heterocycles. The van der Waals surface area contributed by atoms with Gasteiger partial charge in [0.15, 0.2) is 0 Å². The van der Waals surface area contributed by atoms with E-state index in [1.54, 1.807) is 0 Å². The first-order chi connectivity index (χ1) is 11.6. The molecule has 1 aliphatic heterocycles. The van der Waals surface area contributed by atoms with E-state index in [0.29, 0.717) is 0 Å². The van der Waals surface area contributed by atoms with E-state index in [0.717, 1.165) is 42.9 Å². The quantitative estimate of drug-likeness (QED) is 0.525. The lowest BCUT2D eigenvalue weighted by Crippen LogP contribution is -2.10. The van der Waals surface area contributed by atoms with Gasteiger partial charge in [0, 0.05) is 11.1 Å². The molecule has 1 aliphatic rings. The molecule has 0 aromatic heterocycles. The van der Waals surface area contributed by atoms with Gasteiger partial charge in [-0.15, -0.1) is 0 Å². The van der Waals surface area contributed by atoms with E-state index < -0.39 is 0 Å². The number of rotatable bonds is 2. The van der Waals surface area contributed by atoms with Gasteiger partial charge in [0.25, 0.3) is 0 Å². The van der Waals surface area contributed by atoms with Crippen molar-refractivity contribution >= 4 is 43.3 Å². The van der Waals surface area contributed by atoms with Crippen molar-refractivity contribution in [3.8, 4) is 0 Å². The van der Waals surface area contributed by atoms with E-state index in [-0.39, 0.29) is 0 Å². The molecule has 24 heavy (non-hydrogen) atoms. The maximum absolute atomic E-state index is 4.86. The monoisotopic (exact) mass is 442 g/mol. The van der Waals surface area contributed by atoms with Crippen molar-refractivity contribution < 1.29 is 0 Å². The van der Waals surface area contributed by atoms with Crippen LogP contribution in [0.25, 0.3) is 0 Å². The SMILES string of the molecule is CC1=C(Br)C(c2ccccc2)=NC(C)=C(Br)C(c2ccccc2)=N1. The second-order valence-corrected chi connectivity index (χ2v) is 7.04. The first kappa shape index (κ1) is 17.1. The van der Waals surface area contributed by atoms with Gasteiger partial charge in [0.1, 0.15) is 0 Å². The molecular weight excluding hydrogens is 428 g/mol. The van der Waals surface area contributed by atoms with Crippen molar-refractivity contribution in [3.05, 3.63) is 92.1 Å². The molecule has 0 radical (unpaired) electrons. The van der Waals surface area contributed by atoms with Crippen molar-refractivity contribution in [3.63, 3.8) is 0 Å². The van der Waals surface area contributed by atoms with Crippen LogP contribution < -0.4 is 0 Å². The van der Waals surface area contributed by atoms with Crippen LogP contribution in [0.2, 0.25) is 0 Å². The number of nitrogens with zero attached hydrogens (tertiary/aromatic N) is 2. The van der Waals surface area contributed by atoms with Gasteiger partial charge in [-0.05, 0) is 45.7 Å². The van der Waals surface area contributed by atoms with Crippen LogP contribution in [0.4, 0.5) is 0 Å². The highest BCUT2D eigenvalue weighted by atomic mass is 79.9. The van der Waals surface area contributed by atoms with E-state index in [2.05, 4.69) is 56.1 Å². The molecule has 0 unspecified atom stereocenters. The highest BCUT2D eigenvalue weighted by Gasteiger charge is 2.18. The molecule has 2 aromatic rings. The lowest BCUT2D eigenvalue weighted by atomic mass is 10.1. The number of allylic oxidation sites excluding steroid dienone is 4. The smallest absolute Gasteiger partial charge is 0.0865 e. The third-order valence-corrected chi connectivity index (χ3v) is 5.60. The van der Waals surface area contributed by atoms with Crippen molar-refractivity contribution in [2.75, 3.05) is 0 Å². The predicted octanol–water partition coefficient (Wildman–Crippen LogP) is 6.23. The predicted molar refractivity (Wildman–Crippen MR) is 109 cm³/mol. The van der Waals surface area contributed by atoms with Gasteiger partial charge >= 0.3 is 0 Å². The Labute approximate surface area is 159 Å². The molecule has 0 bridgehead atoms. The van der Waals surface area contributed by atoms with E-state index >= 15 is 0 Å². The highest BCUT2D eigenvalue weighted by molar-refractivity contribution is 9.12. The van der Waals surface area contributed by atoms with Gasteiger partial charge in [-0.2, -0.15) is 0 Å². The molecule has 120 valence electrons. The third kappa shape index (κ3) is 3.50. The molecule has 1 heterocycles. The minimum absolute atomic E-state index is 0.887. The molecule has 4 heteroatoms. The highest BCUT2D eigenvalue weighted by Crippen LogP contribution is 2.29. The molecule has 0 spiro atoms. The van der Waals surface area contributed by atoms with Crippen LogP contribution >= 0.6 is 31.9 Å². The molecule has 0 N–H and O–H groups in total. The minimum atomic E-state index is 0.887. The molecule has 0 fully saturated rings. The van der Waals surface area contributed by atoms with Gasteiger partial charge < -0.3 is 0 Å². The Bertz CT molecular complexity index is 801. The van der Waals surface area contributed by atoms with Crippen molar-refractivity contribution in [2.45, 2.75) is 13.8 Å². The Hall–Kier alpha value is -1.78. The fourth-order valence-corrected chi connectivity index (χ4v) is 3.26. The summed E-state index contributed by atoms with van der Waals surface area (Å²) in [5.74, 6) is 0. The Kier molecular flexibility index (Phi) is 5.27. The maximum atomic E-state index is 4.86. The van der Waals surface area contributed by atoms with Crippen LogP contribution in [0.3, 0.4) is 0 Å². The number of hydrogen-bond donors (Lipinski definition) is 0. The number of benzene rings is 2. The van der Waals surface area contributed by atoms with Crippen LogP contribution in [-0.4, -0.2) is 11.4 Å². The second kappa shape index (κ2) is 7.41. The van der Waals surface area contributed by atoms with E-state index in [1.807, 2.05) is 50.2 Å². The molecule has 2 nitrogen and oxygen atoms in total. The topological polar surface area (TPSA) is 24.7 Å². The molecule has 3 rings (SSSR count). The summed E-state index contributed by atoms with van der Waals surface area (Å²) in [5.41, 5.74) is 5.67. The van der Waals surface area contributed by atoms with Gasteiger partial charge in [0.05, 0.1) is 31.8 Å². The molecule has 0 atom stereocenters. The zero-order chi connectivity index (χ0) is 17.1. The zero-order valence-electron chi connectivity index (χ0n) is 13.4.